The van der Waals surface area contributed by atoms with Crippen LogP contribution in [0.4, 0.5) is 0 Å². The summed E-state index contributed by atoms with van der Waals surface area (Å²) in [5.41, 5.74) is 3.55. The lowest BCUT2D eigenvalue weighted by Crippen LogP contribution is -2.35. The quantitative estimate of drug-likeness (QED) is 0.424. The zero-order valence-electron chi connectivity index (χ0n) is 21.7. The number of benzene rings is 2. The van der Waals surface area contributed by atoms with Gasteiger partial charge in [-0.15, -0.1) is 0 Å². The monoisotopic (exact) mass is 502 g/mol. The Labute approximate surface area is 218 Å². The second-order valence-electron chi connectivity index (χ2n) is 9.49. The smallest absolute Gasteiger partial charge is 0.336 e. The molecule has 4 rings (SSSR count). The molecule has 2 aliphatic rings. The van der Waals surface area contributed by atoms with Gasteiger partial charge in [0, 0.05) is 29.1 Å². The van der Waals surface area contributed by atoms with Crippen LogP contribution in [0.15, 0.2) is 77.1 Å². The Morgan fingerprint density at radius 3 is 2.19 bits per heavy atom. The molecule has 2 heterocycles. The van der Waals surface area contributed by atoms with Gasteiger partial charge in [-0.2, -0.15) is 0 Å². The Morgan fingerprint density at radius 1 is 0.865 bits per heavy atom. The molecule has 0 radical (unpaired) electrons. The van der Waals surface area contributed by atoms with Crippen LogP contribution in [0.2, 0.25) is 0 Å². The maximum atomic E-state index is 13.5. The molecule has 7 heteroatoms. The fourth-order valence-corrected chi connectivity index (χ4v) is 5.12. The van der Waals surface area contributed by atoms with Gasteiger partial charge in [-0.3, -0.25) is 9.69 Å². The molecule has 0 aromatic heterocycles. The summed E-state index contributed by atoms with van der Waals surface area (Å²) in [5, 5.41) is 3.16. The number of ketones is 1. The van der Waals surface area contributed by atoms with Crippen molar-refractivity contribution in [2.45, 2.75) is 39.0 Å². The molecule has 2 aliphatic heterocycles. The summed E-state index contributed by atoms with van der Waals surface area (Å²) < 4.78 is 10.8. The van der Waals surface area contributed by atoms with Crippen molar-refractivity contribution >= 4 is 17.7 Å². The molecule has 0 bridgehead atoms. The molecule has 0 aliphatic carbocycles. The largest absolute Gasteiger partial charge is 0.466 e. The second-order valence-corrected chi connectivity index (χ2v) is 9.49. The van der Waals surface area contributed by atoms with Gasteiger partial charge in [-0.05, 0) is 51.4 Å². The predicted molar refractivity (Wildman–Crippen MR) is 141 cm³/mol. The highest BCUT2D eigenvalue weighted by atomic mass is 16.5. The third-order valence-corrected chi connectivity index (χ3v) is 6.99. The van der Waals surface area contributed by atoms with Crippen LogP contribution >= 0.6 is 0 Å². The highest BCUT2D eigenvalue weighted by Gasteiger charge is 2.38. The van der Waals surface area contributed by atoms with Crippen molar-refractivity contribution in [2.75, 3.05) is 33.4 Å². The normalized spacial score (nSPS) is 18.3. The zero-order chi connectivity index (χ0) is 26.4. The van der Waals surface area contributed by atoms with Gasteiger partial charge in [0.1, 0.15) is 6.61 Å². The number of nitrogens with one attached hydrogen (secondary N) is 1. The number of carbonyl (C=O) groups excluding carboxylic acids is 3. The van der Waals surface area contributed by atoms with E-state index in [1.54, 1.807) is 44.2 Å². The van der Waals surface area contributed by atoms with E-state index in [0.717, 1.165) is 25.9 Å². The Balaban J connectivity index is 1.66. The first-order valence-electron chi connectivity index (χ1n) is 12.8. The van der Waals surface area contributed by atoms with Gasteiger partial charge in [-0.25, -0.2) is 9.59 Å². The summed E-state index contributed by atoms with van der Waals surface area (Å²) in [7, 11) is 1.32. The third kappa shape index (κ3) is 6.00. The Morgan fingerprint density at radius 2 is 1.51 bits per heavy atom. The summed E-state index contributed by atoms with van der Waals surface area (Å²) in [4.78, 5) is 41.9. The van der Waals surface area contributed by atoms with E-state index < -0.39 is 17.9 Å². The maximum Gasteiger partial charge on any atom is 0.336 e. The lowest BCUT2D eigenvalue weighted by Gasteiger charge is -2.31. The minimum Gasteiger partial charge on any atom is -0.466 e. The fourth-order valence-electron chi connectivity index (χ4n) is 5.12. The van der Waals surface area contributed by atoms with E-state index in [0.29, 0.717) is 45.8 Å². The van der Waals surface area contributed by atoms with Crippen LogP contribution in [-0.2, 0) is 19.1 Å². The molecule has 1 unspecified atom stereocenters. The molecule has 2 aromatic rings. The molecule has 37 heavy (non-hydrogen) atoms. The van der Waals surface area contributed by atoms with Gasteiger partial charge in [0.15, 0.2) is 5.78 Å². The van der Waals surface area contributed by atoms with Gasteiger partial charge in [0.2, 0.25) is 0 Å². The lowest BCUT2D eigenvalue weighted by molar-refractivity contribution is -0.140. The zero-order valence-corrected chi connectivity index (χ0v) is 21.7. The summed E-state index contributed by atoms with van der Waals surface area (Å²) >= 11 is 0. The highest BCUT2D eigenvalue weighted by molar-refractivity contribution is 6.09. The number of likely N-dealkylation sites (tertiary alicyclic amines) is 1. The number of dihydropyridines is 1. The van der Waals surface area contributed by atoms with E-state index >= 15 is 0 Å². The van der Waals surface area contributed by atoms with Crippen LogP contribution < -0.4 is 5.32 Å². The van der Waals surface area contributed by atoms with Crippen molar-refractivity contribution in [3.63, 3.8) is 0 Å². The number of carbonyl (C=O) groups is 3. The first-order valence-corrected chi connectivity index (χ1v) is 12.8. The lowest BCUT2D eigenvalue weighted by atomic mass is 9.79. The molecule has 1 saturated heterocycles. The topological polar surface area (TPSA) is 84.9 Å². The number of ether oxygens (including phenoxy) is 2. The van der Waals surface area contributed by atoms with Gasteiger partial charge in [-0.1, -0.05) is 55.0 Å². The summed E-state index contributed by atoms with van der Waals surface area (Å²) in [6, 6.07) is 16.1. The number of esters is 2. The van der Waals surface area contributed by atoms with Crippen LogP contribution in [0.3, 0.4) is 0 Å². The molecular formula is C30H34N2O5. The van der Waals surface area contributed by atoms with E-state index in [4.69, 9.17) is 9.47 Å². The first kappa shape index (κ1) is 26.4. The summed E-state index contributed by atoms with van der Waals surface area (Å²) in [6.45, 7) is 6.55. The van der Waals surface area contributed by atoms with E-state index in [-0.39, 0.29) is 12.4 Å². The predicted octanol–water partition coefficient (Wildman–Crippen LogP) is 4.35. The van der Waals surface area contributed by atoms with Crippen molar-refractivity contribution in [2.24, 2.45) is 0 Å². The minimum absolute atomic E-state index is 0.136. The maximum absolute atomic E-state index is 13.5. The van der Waals surface area contributed by atoms with Crippen LogP contribution in [0.25, 0.3) is 0 Å². The Bertz CT molecular complexity index is 1230. The molecule has 0 saturated carbocycles. The highest BCUT2D eigenvalue weighted by Crippen LogP contribution is 2.39. The number of hydrogen-bond donors (Lipinski definition) is 1. The van der Waals surface area contributed by atoms with E-state index in [1.807, 2.05) is 24.3 Å². The van der Waals surface area contributed by atoms with Gasteiger partial charge < -0.3 is 14.8 Å². The summed E-state index contributed by atoms with van der Waals surface area (Å²) in [5.74, 6) is -1.90. The van der Waals surface area contributed by atoms with Crippen LogP contribution in [0, 0.1) is 0 Å². The number of methoxy groups -OCH3 is 1. The SMILES string of the molecule is COC(=O)C1=C(C)NC(C)=C(C(=O)OCCN2CCCCC2)C1c1cccc(C(=O)c2ccccc2)c1. The van der Waals surface area contributed by atoms with Gasteiger partial charge in [0.05, 0.1) is 24.2 Å². The number of rotatable bonds is 8. The number of nitrogens with zero attached hydrogens (tertiary/aromatic N) is 1. The van der Waals surface area contributed by atoms with E-state index in [2.05, 4.69) is 10.2 Å². The first-order chi connectivity index (χ1) is 17.9. The number of piperidine rings is 1. The molecule has 0 spiro atoms. The molecule has 194 valence electrons. The number of hydrogen-bond acceptors (Lipinski definition) is 7. The fraction of sp³-hybridized carbons (Fsp3) is 0.367. The minimum atomic E-state index is -0.736. The Kier molecular flexibility index (Phi) is 8.56. The van der Waals surface area contributed by atoms with Crippen molar-refractivity contribution in [1.29, 1.82) is 0 Å². The van der Waals surface area contributed by atoms with E-state index in [1.165, 1.54) is 13.5 Å². The van der Waals surface area contributed by atoms with Crippen LogP contribution in [0.5, 0.6) is 0 Å². The van der Waals surface area contributed by atoms with Gasteiger partial charge in [0.25, 0.3) is 0 Å². The van der Waals surface area contributed by atoms with Crippen LogP contribution in [0.1, 0.15) is 60.5 Å². The molecule has 7 nitrogen and oxygen atoms in total. The Hall–Kier alpha value is -3.71. The standard InChI is InChI=1S/C30H34N2O5/c1-20-25(29(34)36-3)27(23-13-10-14-24(19-23)28(33)22-11-6-4-7-12-22)26(21(2)31-20)30(35)37-18-17-32-15-8-5-9-16-32/h4,6-7,10-14,19,27,31H,5,8-9,15-18H2,1-3H3. The number of allylic oxidation sites excluding steroid dienone is 2. The van der Waals surface area contributed by atoms with Gasteiger partial charge >= 0.3 is 11.9 Å². The van der Waals surface area contributed by atoms with E-state index in [9.17, 15) is 14.4 Å². The van der Waals surface area contributed by atoms with Crippen molar-refractivity contribution in [3.05, 3.63) is 93.8 Å². The average Bonchev–Trinajstić information content (AvgIpc) is 2.93. The van der Waals surface area contributed by atoms with Crippen molar-refractivity contribution in [3.8, 4) is 0 Å². The molecule has 1 fully saturated rings. The molecular weight excluding hydrogens is 468 g/mol. The summed E-state index contributed by atoms with van der Waals surface area (Å²) in [6.07, 6.45) is 3.56. The average molecular weight is 503 g/mol. The molecule has 0 amide bonds. The van der Waals surface area contributed by atoms with Crippen molar-refractivity contribution < 1.29 is 23.9 Å². The molecule has 1 atom stereocenters. The van der Waals surface area contributed by atoms with Crippen LogP contribution in [-0.4, -0.2) is 56.0 Å². The molecule has 1 N–H and O–H groups in total. The third-order valence-electron chi connectivity index (χ3n) is 6.99. The second kappa shape index (κ2) is 12.0. The van der Waals surface area contributed by atoms with Crippen molar-refractivity contribution in [1.82, 2.24) is 10.2 Å². The molecule has 2 aromatic carbocycles.